The van der Waals surface area contributed by atoms with Gasteiger partial charge in [-0.1, -0.05) is 60.1 Å². The number of nitrogen functional groups attached to an aromatic ring is 1. The number of hydrogen-bond donors (Lipinski definition) is 1. The first-order valence-corrected chi connectivity index (χ1v) is 7.18. The second-order valence-corrected chi connectivity index (χ2v) is 5.23. The highest BCUT2D eigenvalue weighted by Crippen LogP contribution is 2.38. The fraction of sp³-hybridized carbons (Fsp3) is 0.118. The molecule has 0 radical (unpaired) electrons. The third-order valence-corrected chi connectivity index (χ3v) is 3.72. The van der Waals surface area contributed by atoms with Gasteiger partial charge < -0.3 is 10.3 Å². The Bertz CT molecular complexity index is 780. The van der Waals surface area contributed by atoms with Crippen molar-refractivity contribution in [2.75, 3.05) is 5.73 Å². The van der Waals surface area contributed by atoms with Crippen molar-refractivity contribution >= 4 is 17.5 Å². The number of rotatable bonds is 3. The van der Waals surface area contributed by atoms with Crippen molar-refractivity contribution in [3.63, 3.8) is 0 Å². The molecule has 4 heteroatoms. The standard InChI is InChI=1S/C17H15ClN2O/c1-2-11-6-3-4-9-14(11)16-15(17(19)21-20-16)12-7-5-8-13(18)10-12/h3-10H,2,19H2,1H3. The van der Waals surface area contributed by atoms with Gasteiger partial charge in [-0.2, -0.15) is 0 Å². The zero-order valence-corrected chi connectivity index (χ0v) is 12.4. The lowest BCUT2D eigenvalue weighted by Gasteiger charge is -2.07. The van der Waals surface area contributed by atoms with Crippen LogP contribution < -0.4 is 5.73 Å². The Hall–Kier alpha value is -2.26. The second kappa shape index (κ2) is 5.62. The van der Waals surface area contributed by atoms with Gasteiger partial charge in [-0.25, -0.2) is 0 Å². The van der Waals surface area contributed by atoms with Crippen LogP contribution in [0.25, 0.3) is 22.4 Å². The number of aryl methyl sites for hydroxylation is 1. The van der Waals surface area contributed by atoms with Crippen molar-refractivity contribution in [1.29, 1.82) is 0 Å². The van der Waals surface area contributed by atoms with Crippen LogP contribution in [-0.4, -0.2) is 5.16 Å². The van der Waals surface area contributed by atoms with Crippen molar-refractivity contribution in [2.24, 2.45) is 0 Å². The Morgan fingerprint density at radius 2 is 1.95 bits per heavy atom. The lowest BCUT2D eigenvalue weighted by Crippen LogP contribution is -1.91. The van der Waals surface area contributed by atoms with Crippen LogP contribution in [0.15, 0.2) is 53.1 Å². The number of anilines is 1. The Kier molecular flexibility index (Phi) is 3.67. The minimum Gasteiger partial charge on any atom is -0.367 e. The molecule has 0 aliphatic carbocycles. The van der Waals surface area contributed by atoms with Gasteiger partial charge in [0, 0.05) is 10.6 Å². The van der Waals surface area contributed by atoms with E-state index in [1.165, 1.54) is 5.56 Å². The summed E-state index contributed by atoms with van der Waals surface area (Å²) in [5, 5.41) is 4.81. The molecule has 2 aromatic carbocycles. The first kappa shape index (κ1) is 13.7. The zero-order chi connectivity index (χ0) is 14.8. The first-order chi connectivity index (χ1) is 10.2. The summed E-state index contributed by atoms with van der Waals surface area (Å²) in [6, 6.07) is 15.7. The van der Waals surface area contributed by atoms with E-state index in [2.05, 4.69) is 18.1 Å². The molecule has 0 atom stereocenters. The minimum absolute atomic E-state index is 0.304. The van der Waals surface area contributed by atoms with Gasteiger partial charge >= 0.3 is 0 Å². The van der Waals surface area contributed by atoms with Crippen LogP contribution in [0.3, 0.4) is 0 Å². The van der Waals surface area contributed by atoms with Gasteiger partial charge in [0.15, 0.2) is 0 Å². The van der Waals surface area contributed by atoms with Crippen LogP contribution in [0, 0.1) is 0 Å². The molecule has 1 heterocycles. The van der Waals surface area contributed by atoms with Crippen LogP contribution in [0.2, 0.25) is 5.02 Å². The average molecular weight is 299 g/mol. The molecule has 0 bridgehead atoms. The number of nitrogens with zero attached hydrogens (tertiary/aromatic N) is 1. The van der Waals surface area contributed by atoms with E-state index in [0.29, 0.717) is 10.9 Å². The largest absolute Gasteiger partial charge is 0.367 e. The summed E-state index contributed by atoms with van der Waals surface area (Å²) in [4.78, 5) is 0. The van der Waals surface area contributed by atoms with E-state index in [4.69, 9.17) is 21.9 Å². The predicted molar refractivity (Wildman–Crippen MR) is 86.2 cm³/mol. The van der Waals surface area contributed by atoms with Crippen LogP contribution >= 0.6 is 11.6 Å². The third kappa shape index (κ3) is 2.52. The molecule has 3 rings (SSSR count). The lowest BCUT2D eigenvalue weighted by atomic mass is 9.96. The zero-order valence-electron chi connectivity index (χ0n) is 11.6. The van der Waals surface area contributed by atoms with E-state index < -0.39 is 0 Å². The smallest absolute Gasteiger partial charge is 0.230 e. The van der Waals surface area contributed by atoms with Crippen LogP contribution in [0.5, 0.6) is 0 Å². The lowest BCUT2D eigenvalue weighted by molar-refractivity contribution is 0.439. The van der Waals surface area contributed by atoms with Gasteiger partial charge in [0.25, 0.3) is 0 Å². The van der Waals surface area contributed by atoms with Crippen LogP contribution in [0.1, 0.15) is 12.5 Å². The molecule has 0 amide bonds. The van der Waals surface area contributed by atoms with E-state index >= 15 is 0 Å². The van der Waals surface area contributed by atoms with Crippen molar-refractivity contribution in [2.45, 2.75) is 13.3 Å². The molecule has 1 aromatic heterocycles. The number of hydrogen-bond acceptors (Lipinski definition) is 3. The summed E-state index contributed by atoms with van der Waals surface area (Å²) in [7, 11) is 0. The molecule has 106 valence electrons. The molecule has 2 N–H and O–H groups in total. The number of benzene rings is 2. The topological polar surface area (TPSA) is 52.0 Å². The molecular formula is C17H15ClN2O. The molecule has 0 spiro atoms. The maximum Gasteiger partial charge on any atom is 0.230 e. The summed E-state index contributed by atoms with van der Waals surface area (Å²) in [5.74, 6) is 0.304. The molecule has 3 aromatic rings. The van der Waals surface area contributed by atoms with Crippen molar-refractivity contribution in [1.82, 2.24) is 5.16 Å². The molecule has 0 saturated heterocycles. The summed E-state index contributed by atoms with van der Waals surface area (Å²) in [5.41, 5.74) is 10.7. The van der Waals surface area contributed by atoms with Gasteiger partial charge in [-0.15, -0.1) is 0 Å². The minimum atomic E-state index is 0.304. The van der Waals surface area contributed by atoms with E-state index in [1.807, 2.05) is 42.5 Å². The average Bonchev–Trinajstić information content (AvgIpc) is 2.88. The van der Waals surface area contributed by atoms with Crippen LogP contribution in [0.4, 0.5) is 5.88 Å². The summed E-state index contributed by atoms with van der Waals surface area (Å²) in [6.45, 7) is 2.11. The Labute approximate surface area is 128 Å². The Balaban J connectivity index is 2.22. The second-order valence-electron chi connectivity index (χ2n) is 4.79. The van der Waals surface area contributed by atoms with Crippen LogP contribution in [-0.2, 0) is 6.42 Å². The Morgan fingerprint density at radius 1 is 1.14 bits per heavy atom. The van der Waals surface area contributed by atoms with Gasteiger partial charge in [0.05, 0.1) is 5.56 Å². The highest BCUT2D eigenvalue weighted by Gasteiger charge is 2.19. The van der Waals surface area contributed by atoms with E-state index in [1.54, 1.807) is 0 Å². The van der Waals surface area contributed by atoms with Gasteiger partial charge in [0.1, 0.15) is 5.69 Å². The fourth-order valence-corrected chi connectivity index (χ4v) is 2.66. The van der Waals surface area contributed by atoms with E-state index in [-0.39, 0.29) is 0 Å². The van der Waals surface area contributed by atoms with E-state index in [0.717, 1.165) is 28.8 Å². The summed E-state index contributed by atoms with van der Waals surface area (Å²) >= 11 is 6.08. The van der Waals surface area contributed by atoms with Gasteiger partial charge in [-0.3, -0.25) is 0 Å². The fourth-order valence-electron chi connectivity index (χ4n) is 2.47. The number of aromatic nitrogens is 1. The quantitative estimate of drug-likeness (QED) is 0.755. The van der Waals surface area contributed by atoms with Gasteiger partial charge in [0.2, 0.25) is 5.88 Å². The Morgan fingerprint density at radius 3 is 2.71 bits per heavy atom. The summed E-state index contributed by atoms with van der Waals surface area (Å²) < 4.78 is 5.23. The highest BCUT2D eigenvalue weighted by molar-refractivity contribution is 6.30. The predicted octanol–water partition coefficient (Wildman–Crippen LogP) is 4.81. The first-order valence-electron chi connectivity index (χ1n) is 6.80. The van der Waals surface area contributed by atoms with Crippen molar-refractivity contribution < 1.29 is 4.52 Å². The maximum atomic E-state index is 6.08. The molecule has 0 saturated carbocycles. The number of halogens is 1. The van der Waals surface area contributed by atoms with E-state index in [9.17, 15) is 0 Å². The molecule has 0 aliphatic rings. The third-order valence-electron chi connectivity index (χ3n) is 3.49. The normalized spacial score (nSPS) is 10.8. The van der Waals surface area contributed by atoms with Crippen molar-refractivity contribution in [3.8, 4) is 22.4 Å². The molecule has 0 fully saturated rings. The molecule has 0 unspecified atom stereocenters. The van der Waals surface area contributed by atoms with Crippen molar-refractivity contribution in [3.05, 3.63) is 59.1 Å². The SMILES string of the molecule is CCc1ccccc1-c1noc(N)c1-c1cccc(Cl)c1. The molecule has 0 aliphatic heterocycles. The number of nitrogens with two attached hydrogens (primary N) is 1. The maximum absolute atomic E-state index is 6.08. The molecular weight excluding hydrogens is 284 g/mol. The highest BCUT2D eigenvalue weighted by atomic mass is 35.5. The molecule has 21 heavy (non-hydrogen) atoms. The molecule has 3 nitrogen and oxygen atoms in total. The van der Waals surface area contributed by atoms with Gasteiger partial charge in [-0.05, 0) is 29.7 Å². The summed E-state index contributed by atoms with van der Waals surface area (Å²) in [6.07, 6.45) is 0.915. The monoisotopic (exact) mass is 298 g/mol.